The minimum absolute atomic E-state index is 0.0106. The van der Waals surface area contributed by atoms with Gasteiger partial charge in [0.2, 0.25) is 5.91 Å². The largest absolute Gasteiger partial charge is 0.481 e. The number of nitrogens with one attached hydrogen (secondary N) is 1. The summed E-state index contributed by atoms with van der Waals surface area (Å²) in [6, 6.07) is 0. The van der Waals surface area contributed by atoms with E-state index in [0.29, 0.717) is 12.8 Å². The molecule has 0 aromatic rings. The first-order chi connectivity index (χ1) is 7.75. The Morgan fingerprint density at radius 3 is 2.24 bits per heavy atom. The third-order valence-electron chi connectivity index (χ3n) is 3.03. The quantitative estimate of drug-likeness (QED) is 0.715. The van der Waals surface area contributed by atoms with Crippen LogP contribution in [-0.2, 0) is 19.4 Å². The number of sulfone groups is 1. The molecule has 0 atom stereocenters. The summed E-state index contributed by atoms with van der Waals surface area (Å²) in [7, 11) is -3.37. The van der Waals surface area contributed by atoms with Crippen molar-refractivity contribution in [2.45, 2.75) is 25.7 Å². The third-order valence-corrected chi connectivity index (χ3v) is 3.82. The zero-order chi connectivity index (χ0) is 13.1. The molecule has 0 aliphatic heterocycles. The van der Waals surface area contributed by atoms with Gasteiger partial charge in [0.05, 0.1) is 5.41 Å². The number of amides is 1. The molecule has 7 heteroatoms. The van der Waals surface area contributed by atoms with Gasteiger partial charge in [0, 0.05) is 12.8 Å². The van der Waals surface area contributed by atoms with E-state index in [9.17, 15) is 18.0 Å². The van der Waals surface area contributed by atoms with Gasteiger partial charge in [-0.1, -0.05) is 12.8 Å². The molecule has 0 spiro atoms. The first kappa shape index (κ1) is 14.0. The summed E-state index contributed by atoms with van der Waals surface area (Å²) in [5.41, 5.74) is -0.910. The van der Waals surface area contributed by atoms with E-state index in [2.05, 4.69) is 5.32 Å². The average molecular weight is 263 g/mol. The minimum Gasteiger partial charge on any atom is -0.481 e. The maximum absolute atomic E-state index is 11.3. The lowest BCUT2D eigenvalue weighted by Crippen LogP contribution is -2.42. The molecule has 1 saturated carbocycles. The van der Waals surface area contributed by atoms with E-state index in [1.54, 1.807) is 0 Å². The molecule has 0 aromatic carbocycles. The Bertz CT molecular complexity index is 408. The van der Waals surface area contributed by atoms with Crippen LogP contribution in [0.25, 0.3) is 0 Å². The van der Waals surface area contributed by atoms with Gasteiger partial charge in [-0.15, -0.1) is 0 Å². The van der Waals surface area contributed by atoms with E-state index in [1.165, 1.54) is 0 Å². The van der Waals surface area contributed by atoms with E-state index in [1.807, 2.05) is 0 Å². The molecule has 1 rings (SSSR count). The van der Waals surface area contributed by atoms with E-state index in [0.717, 1.165) is 19.1 Å². The fourth-order valence-electron chi connectivity index (χ4n) is 2.07. The predicted molar refractivity (Wildman–Crippen MR) is 61.3 cm³/mol. The number of hydrogen-bond donors (Lipinski definition) is 2. The average Bonchev–Trinajstić information content (AvgIpc) is 2.61. The number of rotatable bonds is 5. The monoisotopic (exact) mass is 263 g/mol. The lowest BCUT2D eigenvalue weighted by Gasteiger charge is -2.23. The molecule has 6 nitrogen and oxygen atoms in total. The molecule has 17 heavy (non-hydrogen) atoms. The molecule has 0 bridgehead atoms. The van der Waals surface area contributed by atoms with Gasteiger partial charge >= 0.3 is 5.97 Å². The summed E-state index contributed by atoms with van der Waals surface area (Å²) >= 11 is 0. The van der Waals surface area contributed by atoms with Gasteiger partial charge in [-0.05, 0) is 12.8 Å². The summed E-state index contributed by atoms with van der Waals surface area (Å²) in [5, 5.41) is 11.5. The van der Waals surface area contributed by atoms with Crippen LogP contribution in [0.4, 0.5) is 0 Å². The van der Waals surface area contributed by atoms with Gasteiger partial charge in [-0.3, -0.25) is 9.59 Å². The second-order valence-corrected chi connectivity index (χ2v) is 6.78. The fraction of sp³-hybridized carbons (Fsp3) is 0.800. The SMILES string of the molecule is CS(=O)(=O)CC(=O)NCC1(C(=O)O)CCCC1. The topological polar surface area (TPSA) is 101 Å². The van der Waals surface area contributed by atoms with E-state index >= 15 is 0 Å². The molecule has 1 aliphatic carbocycles. The normalized spacial score (nSPS) is 18.9. The Labute approximate surface area is 100 Å². The van der Waals surface area contributed by atoms with E-state index < -0.39 is 32.9 Å². The van der Waals surface area contributed by atoms with Crippen LogP contribution < -0.4 is 5.32 Å². The Balaban J connectivity index is 2.54. The van der Waals surface area contributed by atoms with Gasteiger partial charge in [0.25, 0.3) is 0 Å². The summed E-state index contributed by atoms with van der Waals surface area (Å²) in [6.45, 7) is 0.0106. The van der Waals surface area contributed by atoms with Crippen LogP contribution in [-0.4, -0.2) is 44.0 Å². The van der Waals surface area contributed by atoms with Crippen LogP contribution in [0.15, 0.2) is 0 Å². The van der Waals surface area contributed by atoms with Crippen LogP contribution >= 0.6 is 0 Å². The Hall–Kier alpha value is -1.11. The summed E-state index contributed by atoms with van der Waals surface area (Å²) in [5.74, 6) is -2.16. The van der Waals surface area contributed by atoms with Crippen LogP contribution in [0.5, 0.6) is 0 Å². The van der Waals surface area contributed by atoms with E-state index in [4.69, 9.17) is 5.11 Å². The highest BCUT2D eigenvalue weighted by molar-refractivity contribution is 7.91. The summed E-state index contributed by atoms with van der Waals surface area (Å²) in [4.78, 5) is 22.4. The van der Waals surface area contributed by atoms with Crippen molar-refractivity contribution in [3.05, 3.63) is 0 Å². The number of carbonyl (C=O) groups is 2. The number of aliphatic carboxylic acids is 1. The fourth-order valence-corrected chi connectivity index (χ4v) is 2.65. The minimum atomic E-state index is -3.37. The van der Waals surface area contributed by atoms with Crippen molar-refractivity contribution in [2.24, 2.45) is 5.41 Å². The van der Waals surface area contributed by atoms with Crippen LogP contribution in [0.2, 0.25) is 0 Å². The predicted octanol–water partition coefficient (Wildman–Crippen LogP) is -0.208. The molecule has 0 saturated heterocycles. The molecular weight excluding hydrogens is 246 g/mol. The van der Waals surface area contributed by atoms with Crippen molar-refractivity contribution in [3.8, 4) is 0 Å². The molecule has 1 fully saturated rings. The lowest BCUT2D eigenvalue weighted by molar-refractivity contribution is -0.148. The Morgan fingerprint density at radius 1 is 1.29 bits per heavy atom. The van der Waals surface area contributed by atoms with Crippen LogP contribution in [0.1, 0.15) is 25.7 Å². The molecule has 1 amide bonds. The summed E-state index contributed by atoms with van der Waals surface area (Å²) in [6.07, 6.45) is 3.68. The highest BCUT2D eigenvalue weighted by atomic mass is 32.2. The van der Waals surface area contributed by atoms with E-state index in [-0.39, 0.29) is 6.54 Å². The lowest BCUT2D eigenvalue weighted by atomic mass is 9.86. The van der Waals surface area contributed by atoms with Gasteiger partial charge in [-0.2, -0.15) is 0 Å². The first-order valence-corrected chi connectivity index (χ1v) is 7.49. The molecule has 2 N–H and O–H groups in total. The zero-order valence-electron chi connectivity index (χ0n) is 9.73. The highest BCUT2D eigenvalue weighted by Gasteiger charge is 2.41. The Morgan fingerprint density at radius 2 is 1.82 bits per heavy atom. The number of carbonyl (C=O) groups excluding carboxylic acids is 1. The highest BCUT2D eigenvalue weighted by Crippen LogP contribution is 2.37. The number of hydrogen-bond acceptors (Lipinski definition) is 4. The van der Waals surface area contributed by atoms with Gasteiger partial charge in [-0.25, -0.2) is 8.42 Å². The van der Waals surface area contributed by atoms with Crippen molar-refractivity contribution in [1.29, 1.82) is 0 Å². The standard InChI is InChI=1S/C10H17NO5S/c1-17(15,16)6-8(12)11-7-10(9(13)14)4-2-3-5-10/h2-7H2,1H3,(H,11,12)(H,13,14). The third kappa shape index (κ3) is 3.99. The maximum atomic E-state index is 11.3. The van der Waals surface area contributed by atoms with Crippen molar-refractivity contribution in [2.75, 3.05) is 18.6 Å². The molecule has 98 valence electrons. The van der Waals surface area contributed by atoms with Gasteiger partial charge in [0.1, 0.15) is 5.75 Å². The van der Waals surface area contributed by atoms with Gasteiger partial charge in [0.15, 0.2) is 9.84 Å². The molecule has 0 aromatic heterocycles. The number of carboxylic acids is 1. The maximum Gasteiger partial charge on any atom is 0.311 e. The van der Waals surface area contributed by atoms with Crippen molar-refractivity contribution < 1.29 is 23.1 Å². The molecule has 0 heterocycles. The molecule has 0 radical (unpaired) electrons. The smallest absolute Gasteiger partial charge is 0.311 e. The molecule has 0 unspecified atom stereocenters. The zero-order valence-corrected chi connectivity index (χ0v) is 10.5. The Kier molecular flexibility index (Phi) is 4.13. The number of carboxylic acid groups (broad SMARTS) is 1. The second-order valence-electron chi connectivity index (χ2n) is 4.64. The van der Waals surface area contributed by atoms with Crippen molar-refractivity contribution in [3.63, 3.8) is 0 Å². The van der Waals surface area contributed by atoms with Crippen molar-refractivity contribution in [1.82, 2.24) is 5.32 Å². The van der Waals surface area contributed by atoms with Crippen LogP contribution in [0, 0.1) is 5.41 Å². The second kappa shape index (κ2) is 5.03. The van der Waals surface area contributed by atoms with Crippen molar-refractivity contribution >= 4 is 21.7 Å². The molecular formula is C10H17NO5S. The molecule has 1 aliphatic rings. The summed E-state index contributed by atoms with van der Waals surface area (Å²) < 4.78 is 21.7. The first-order valence-electron chi connectivity index (χ1n) is 5.43. The van der Waals surface area contributed by atoms with Gasteiger partial charge < -0.3 is 10.4 Å². The van der Waals surface area contributed by atoms with Crippen LogP contribution in [0.3, 0.4) is 0 Å².